The zero-order chi connectivity index (χ0) is 29.8. The summed E-state index contributed by atoms with van der Waals surface area (Å²) in [6.45, 7) is 9.97. The number of fused-ring (bicyclic) bond motifs is 3. The maximum Gasteiger partial charge on any atom is 0.312 e. The monoisotopic (exact) mass is 566 g/mol. The molecule has 2 saturated heterocycles. The van der Waals surface area contributed by atoms with E-state index in [9.17, 15) is 29.1 Å². The van der Waals surface area contributed by atoms with E-state index in [4.69, 9.17) is 28.4 Å². The van der Waals surface area contributed by atoms with Crippen LogP contribution < -0.4 is 0 Å². The molecule has 3 fully saturated rings. The quantitative estimate of drug-likeness (QED) is 0.226. The van der Waals surface area contributed by atoms with Crippen molar-refractivity contribution in [2.24, 2.45) is 17.3 Å². The first-order valence-electron chi connectivity index (χ1n) is 13.5. The summed E-state index contributed by atoms with van der Waals surface area (Å²) in [5.74, 6) is -5.37. The van der Waals surface area contributed by atoms with Crippen LogP contribution in [0.2, 0.25) is 0 Å². The van der Waals surface area contributed by atoms with E-state index in [2.05, 4.69) is 0 Å². The Morgan fingerprint density at radius 2 is 1.50 bits per heavy atom. The van der Waals surface area contributed by atoms with Crippen LogP contribution in [0, 0.1) is 17.3 Å². The number of hydrogen-bond donors (Lipinski definition) is 1. The summed E-state index contributed by atoms with van der Waals surface area (Å²) in [6, 6.07) is 0. The van der Waals surface area contributed by atoms with Gasteiger partial charge in [0.2, 0.25) is 0 Å². The molecule has 40 heavy (non-hydrogen) atoms. The second kappa shape index (κ2) is 10.4. The van der Waals surface area contributed by atoms with Crippen molar-refractivity contribution in [3.63, 3.8) is 0 Å². The molecule has 0 bridgehead atoms. The molecule has 2 heterocycles. The highest BCUT2D eigenvalue weighted by Crippen LogP contribution is 2.62. The van der Waals surface area contributed by atoms with Gasteiger partial charge in [-0.05, 0) is 38.3 Å². The van der Waals surface area contributed by atoms with E-state index in [1.165, 1.54) is 40.7 Å². The van der Waals surface area contributed by atoms with E-state index in [-0.39, 0.29) is 13.0 Å². The minimum absolute atomic E-state index is 0.0518. The highest BCUT2D eigenvalue weighted by Gasteiger charge is 2.75. The van der Waals surface area contributed by atoms with E-state index < -0.39 is 88.8 Å². The van der Waals surface area contributed by atoms with E-state index in [1.54, 1.807) is 13.8 Å². The van der Waals surface area contributed by atoms with E-state index in [1.807, 2.05) is 0 Å². The number of esters is 5. The lowest BCUT2D eigenvalue weighted by atomic mass is 9.52. The van der Waals surface area contributed by atoms with Gasteiger partial charge in [0.25, 0.3) is 0 Å². The van der Waals surface area contributed by atoms with Crippen LogP contribution in [0.25, 0.3) is 0 Å². The lowest BCUT2D eigenvalue weighted by Crippen LogP contribution is -2.69. The zero-order valence-corrected chi connectivity index (χ0v) is 23.9. The van der Waals surface area contributed by atoms with Gasteiger partial charge >= 0.3 is 29.8 Å². The third-order valence-corrected chi connectivity index (χ3v) is 9.04. The molecule has 1 saturated carbocycles. The number of carbonyl (C=O) groups excluding carboxylic acids is 5. The fraction of sp³-hybridized carbons (Fsp3) is 0.750. The van der Waals surface area contributed by atoms with Crippen LogP contribution in [0.15, 0.2) is 11.6 Å². The second-order valence-electron chi connectivity index (χ2n) is 11.7. The molecule has 2 aliphatic heterocycles. The van der Waals surface area contributed by atoms with Crippen molar-refractivity contribution in [2.45, 2.75) is 109 Å². The Balaban J connectivity index is 2.05. The molecule has 0 radical (unpaired) electrons. The summed E-state index contributed by atoms with van der Waals surface area (Å²) < 4.78 is 34.9. The van der Waals surface area contributed by atoms with Gasteiger partial charge in [0, 0.05) is 40.0 Å². The summed E-state index contributed by atoms with van der Waals surface area (Å²) in [5, 5.41) is 12.5. The summed E-state index contributed by atoms with van der Waals surface area (Å²) in [5.41, 5.74) is -4.00. The Kier molecular flexibility index (Phi) is 7.83. The largest absolute Gasteiger partial charge is 0.462 e. The van der Waals surface area contributed by atoms with Gasteiger partial charge in [-0.3, -0.25) is 24.0 Å². The van der Waals surface area contributed by atoms with Crippen molar-refractivity contribution >= 4 is 29.8 Å². The Morgan fingerprint density at radius 3 is 2.02 bits per heavy atom. The number of carbonyl (C=O) groups is 5. The van der Waals surface area contributed by atoms with E-state index >= 15 is 0 Å². The van der Waals surface area contributed by atoms with Crippen LogP contribution in [0.1, 0.15) is 67.7 Å². The predicted octanol–water partition coefficient (Wildman–Crippen LogP) is 1.54. The first-order valence-corrected chi connectivity index (χ1v) is 13.5. The fourth-order valence-corrected chi connectivity index (χ4v) is 7.06. The molecular weight excluding hydrogens is 528 g/mol. The van der Waals surface area contributed by atoms with Gasteiger partial charge in [-0.2, -0.15) is 0 Å². The molecule has 2 aliphatic carbocycles. The van der Waals surface area contributed by atoms with E-state index in [0.29, 0.717) is 18.4 Å². The van der Waals surface area contributed by atoms with Crippen molar-refractivity contribution in [1.82, 2.24) is 0 Å². The average Bonchev–Trinajstić information content (AvgIpc) is 3.56. The number of aliphatic hydroxyl groups is 1. The Hall–Kier alpha value is -2.99. The maximum absolute atomic E-state index is 13.0. The van der Waals surface area contributed by atoms with Crippen molar-refractivity contribution in [2.75, 3.05) is 6.61 Å². The molecule has 222 valence electrons. The molecule has 1 N–H and O–H groups in total. The molecule has 10 atom stereocenters. The third-order valence-electron chi connectivity index (χ3n) is 9.04. The molecule has 12 nitrogen and oxygen atoms in total. The van der Waals surface area contributed by atoms with Crippen molar-refractivity contribution in [3.05, 3.63) is 11.6 Å². The standard InChI is InChI=1S/C28H38O12/c1-13-10-22-28(34,14(2)25(33)40-22)24(39-18(6)32)23-26(7,20(37-16(4)30)8-9-27(23)12-35-27)21(38-17(5)31)11-19(13)36-15(3)29/h10,14,19-24,34H,8-9,11-12H2,1-7H3/b13-10-/t14-,19-,20-,21-,22-,23+,24-,26+,27-,28-/m0/s1. The van der Waals surface area contributed by atoms with Gasteiger partial charge in [0.1, 0.15) is 24.4 Å². The summed E-state index contributed by atoms with van der Waals surface area (Å²) in [7, 11) is 0. The van der Waals surface area contributed by atoms with E-state index in [0.717, 1.165) is 0 Å². The van der Waals surface area contributed by atoms with Gasteiger partial charge < -0.3 is 33.5 Å². The normalized spacial score (nSPS) is 43.6. The molecule has 4 aliphatic rings. The summed E-state index contributed by atoms with van der Waals surface area (Å²) in [6.07, 6.45) is -3.48. The predicted molar refractivity (Wildman–Crippen MR) is 134 cm³/mol. The van der Waals surface area contributed by atoms with Crippen LogP contribution in [0.5, 0.6) is 0 Å². The van der Waals surface area contributed by atoms with Crippen LogP contribution >= 0.6 is 0 Å². The molecule has 0 aromatic heterocycles. The van der Waals surface area contributed by atoms with Crippen molar-refractivity contribution < 1.29 is 57.5 Å². The molecule has 0 aromatic carbocycles. The number of ether oxygens (including phenoxy) is 6. The first kappa shape index (κ1) is 30.0. The number of hydrogen-bond acceptors (Lipinski definition) is 12. The molecule has 1 spiro atoms. The van der Waals surface area contributed by atoms with Gasteiger partial charge in [-0.1, -0.05) is 6.92 Å². The second-order valence-corrected chi connectivity index (χ2v) is 11.7. The zero-order valence-electron chi connectivity index (χ0n) is 23.9. The van der Waals surface area contributed by atoms with Gasteiger partial charge in [0.05, 0.1) is 23.5 Å². The fourth-order valence-electron chi connectivity index (χ4n) is 7.06. The summed E-state index contributed by atoms with van der Waals surface area (Å²) in [4.78, 5) is 62.6. The minimum atomic E-state index is -2.11. The van der Waals surface area contributed by atoms with Crippen LogP contribution in [0.3, 0.4) is 0 Å². The number of rotatable bonds is 4. The number of epoxide rings is 1. The van der Waals surface area contributed by atoms with Gasteiger partial charge in [-0.15, -0.1) is 0 Å². The highest BCUT2D eigenvalue weighted by atomic mass is 16.6. The Labute approximate surface area is 232 Å². The van der Waals surface area contributed by atoms with Crippen molar-refractivity contribution in [1.29, 1.82) is 0 Å². The SMILES string of the molecule is CC(=O)O[C@H]1C[C@H](OC(C)=O)[C@@]2(C)[C@@H](OC(C)=O)CC[C@]3(CO3)[C@@H]2[C@H](OC(C)=O)[C@@]2(O)[C@H](/C=C\1C)OC(=O)[C@@H]2C. The lowest BCUT2D eigenvalue weighted by molar-refractivity contribution is -0.244. The third kappa shape index (κ3) is 5.00. The topological polar surface area (TPSA) is 164 Å². The molecular formula is C28H38O12. The molecule has 0 amide bonds. The Morgan fingerprint density at radius 1 is 0.950 bits per heavy atom. The molecule has 4 rings (SSSR count). The minimum Gasteiger partial charge on any atom is -0.462 e. The Bertz CT molecular complexity index is 1120. The van der Waals surface area contributed by atoms with Gasteiger partial charge in [0.15, 0.2) is 11.7 Å². The summed E-state index contributed by atoms with van der Waals surface area (Å²) >= 11 is 0. The van der Waals surface area contributed by atoms with Crippen LogP contribution in [-0.2, 0) is 52.4 Å². The van der Waals surface area contributed by atoms with Crippen molar-refractivity contribution in [3.8, 4) is 0 Å². The van der Waals surface area contributed by atoms with Gasteiger partial charge in [-0.25, -0.2) is 0 Å². The maximum atomic E-state index is 13.0. The first-order chi connectivity index (χ1) is 18.6. The van der Waals surface area contributed by atoms with Crippen LogP contribution in [0.4, 0.5) is 0 Å². The molecule has 0 unspecified atom stereocenters. The highest BCUT2D eigenvalue weighted by molar-refractivity contribution is 5.78. The van der Waals surface area contributed by atoms with Crippen LogP contribution in [-0.4, -0.2) is 83.3 Å². The smallest absolute Gasteiger partial charge is 0.312 e. The lowest BCUT2D eigenvalue weighted by Gasteiger charge is -2.57. The average molecular weight is 567 g/mol. The molecule has 0 aromatic rings. The molecule has 12 heteroatoms.